The van der Waals surface area contributed by atoms with E-state index in [1.54, 1.807) is 30.3 Å². The van der Waals surface area contributed by atoms with Crippen molar-refractivity contribution in [2.75, 3.05) is 7.11 Å². The molecule has 3 aromatic carbocycles. The molecule has 3 aromatic rings. The summed E-state index contributed by atoms with van der Waals surface area (Å²) >= 11 is 6.21. The van der Waals surface area contributed by atoms with Crippen molar-refractivity contribution in [3.8, 4) is 5.75 Å². The van der Waals surface area contributed by atoms with E-state index in [0.29, 0.717) is 17.0 Å². The van der Waals surface area contributed by atoms with Crippen molar-refractivity contribution in [2.45, 2.75) is 25.6 Å². The van der Waals surface area contributed by atoms with Crippen LogP contribution in [-0.4, -0.2) is 23.9 Å². The summed E-state index contributed by atoms with van der Waals surface area (Å²) in [6.45, 7) is 2.05. The van der Waals surface area contributed by atoms with E-state index >= 15 is 0 Å². The fraction of sp³-hybridized carbons (Fsp3) is 0.200. The Morgan fingerprint density at radius 2 is 1.81 bits per heavy atom. The standard InChI is InChI=1S/C25H23ClN2O3/c1-15-3-5-16(6-4-15)21-14-22(20-13-19(26)11-12-23(20)29)28-24(27-21)17-7-9-18(10-8-17)25(30)31-2/h3-13,22,24,28-29H,14H2,1-2H3/t22-,24-/m0/s1. The lowest BCUT2D eigenvalue weighted by atomic mass is 9.93. The van der Waals surface area contributed by atoms with E-state index in [1.807, 2.05) is 19.1 Å². The van der Waals surface area contributed by atoms with Crippen LogP contribution in [0.25, 0.3) is 0 Å². The quantitative estimate of drug-likeness (QED) is 0.542. The van der Waals surface area contributed by atoms with Gasteiger partial charge in [0.2, 0.25) is 0 Å². The Balaban J connectivity index is 1.73. The highest BCUT2D eigenvalue weighted by atomic mass is 35.5. The van der Waals surface area contributed by atoms with Crippen molar-refractivity contribution >= 4 is 23.3 Å². The largest absolute Gasteiger partial charge is 0.508 e. The molecule has 2 N–H and O–H groups in total. The van der Waals surface area contributed by atoms with Gasteiger partial charge in [-0.25, -0.2) is 4.79 Å². The molecule has 1 aliphatic rings. The lowest BCUT2D eigenvalue weighted by molar-refractivity contribution is 0.0600. The molecule has 0 spiro atoms. The number of halogens is 1. The van der Waals surface area contributed by atoms with Crippen LogP contribution in [0.1, 0.15) is 51.2 Å². The Kier molecular flexibility index (Phi) is 6.07. The number of methoxy groups -OCH3 is 1. The minimum Gasteiger partial charge on any atom is -0.508 e. The van der Waals surface area contributed by atoms with Crippen LogP contribution in [0.2, 0.25) is 5.02 Å². The number of carbonyl (C=O) groups excluding carboxylic acids is 1. The van der Waals surface area contributed by atoms with Gasteiger partial charge in [-0.3, -0.25) is 10.3 Å². The van der Waals surface area contributed by atoms with Gasteiger partial charge in [-0.2, -0.15) is 0 Å². The number of aromatic hydroxyl groups is 1. The molecular formula is C25H23ClN2O3. The summed E-state index contributed by atoms with van der Waals surface area (Å²) in [5, 5.41) is 14.5. The van der Waals surface area contributed by atoms with Crippen molar-refractivity contribution in [1.29, 1.82) is 0 Å². The number of carbonyl (C=O) groups is 1. The first-order valence-corrected chi connectivity index (χ1v) is 10.4. The number of benzene rings is 3. The third-order valence-electron chi connectivity index (χ3n) is 5.44. The Morgan fingerprint density at radius 1 is 1.10 bits per heavy atom. The number of esters is 1. The summed E-state index contributed by atoms with van der Waals surface area (Å²) in [4.78, 5) is 16.7. The minimum absolute atomic E-state index is 0.183. The highest BCUT2D eigenvalue weighted by Crippen LogP contribution is 2.35. The average molecular weight is 435 g/mol. The molecule has 0 saturated carbocycles. The third-order valence-corrected chi connectivity index (χ3v) is 5.67. The van der Waals surface area contributed by atoms with Gasteiger partial charge in [0.25, 0.3) is 0 Å². The second-order valence-electron chi connectivity index (χ2n) is 7.58. The molecule has 0 aromatic heterocycles. The zero-order valence-electron chi connectivity index (χ0n) is 17.3. The van der Waals surface area contributed by atoms with Gasteiger partial charge in [0.15, 0.2) is 0 Å². The van der Waals surface area contributed by atoms with E-state index in [0.717, 1.165) is 22.4 Å². The van der Waals surface area contributed by atoms with Gasteiger partial charge in [-0.05, 0) is 48.4 Å². The molecule has 6 heteroatoms. The summed E-state index contributed by atoms with van der Waals surface area (Å²) in [5.74, 6) is -0.194. The summed E-state index contributed by atoms with van der Waals surface area (Å²) in [6, 6.07) is 20.3. The number of nitrogens with one attached hydrogen (secondary N) is 1. The van der Waals surface area contributed by atoms with Crippen LogP contribution in [0, 0.1) is 6.92 Å². The predicted molar refractivity (Wildman–Crippen MR) is 122 cm³/mol. The molecular weight excluding hydrogens is 412 g/mol. The number of nitrogens with zero attached hydrogens (tertiary/aromatic N) is 1. The van der Waals surface area contributed by atoms with Gasteiger partial charge in [0.05, 0.1) is 12.7 Å². The van der Waals surface area contributed by atoms with Gasteiger partial charge < -0.3 is 9.84 Å². The number of aliphatic imine (C=N–C) groups is 1. The van der Waals surface area contributed by atoms with E-state index < -0.39 is 0 Å². The van der Waals surface area contributed by atoms with Crippen molar-refractivity contribution in [3.05, 3.63) is 99.6 Å². The van der Waals surface area contributed by atoms with Crippen LogP contribution in [0.5, 0.6) is 5.75 Å². The lowest BCUT2D eigenvalue weighted by Gasteiger charge is -2.31. The summed E-state index contributed by atoms with van der Waals surface area (Å²) < 4.78 is 4.78. The van der Waals surface area contributed by atoms with E-state index in [1.165, 1.54) is 12.7 Å². The number of rotatable bonds is 4. The van der Waals surface area contributed by atoms with Crippen LogP contribution in [-0.2, 0) is 4.74 Å². The normalized spacial score (nSPS) is 18.4. The Hall–Kier alpha value is -3.15. The van der Waals surface area contributed by atoms with Gasteiger partial charge in [-0.15, -0.1) is 0 Å². The number of phenols is 1. The molecule has 2 atom stereocenters. The molecule has 0 fully saturated rings. The molecule has 0 aliphatic carbocycles. The Bertz CT molecular complexity index is 1120. The fourth-order valence-electron chi connectivity index (χ4n) is 3.72. The van der Waals surface area contributed by atoms with Crippen LogP contribution in [0.15, 0.2) is 71.7 Å². The van der Waals surface area contributed by atoms with Gasteiger partial charge in [-0.1, -0.05) is 53.6 Å². The van der Waals surface area contributed by atoms with Crippen molar-refractivity contribution < 1.29 is 14.6 Å². The van der Waals surface area contributed by atoms with Gasteiger partial charge in [0, 0.05) is 28.8 Å². The van der Waals surface area contributed by atoms with Crippen LogP contribution in [0.4, 0.5) is 0 Å². The van der Waals surface area contributed by atoms with Gasteiger partial charge in [0.1, 0.15) is 11.9 Å². The first-order chi connectivity index (χ1) is 14.9. The molecule has 5 nitrogen and oxygen atoms in total. The number of aryl methyl sites for hydroxylation is 1. The molecule has 1 aliphatic heterocycles. The zero-order chi connectivity index (χ0) is 22.0. The van der Waals surface area contributed by atoms with Crippen LogP contribution in [0.3, 0.4) is 0 Å². The zero-order valence-corrected chi connectivity index (χ0v) is 18.1. The van der Waals surface area contributed by atoms with E-state index in [9.17, 15) is 9.90 Å². The maximum Gasteiger partial charge on any atom is 0.337 e. The topological polar surface area (TPSA) is 70.9 Å². The highest BCUT2D eigenvalue weighted by Gasteiger charge is 2.28. The molecule has 0 unspecified atom stereocenters. The van der Waals surface area contributed by atoms with E-state index in [2.05, 4.69) is 29.6 Å². The number of ether oxygens (including phenoxy) is 1. The number of phenolic OH excluding ortho intramolecular Hbond substituents is 1. The van der Waals surface area contributed by atoms with Gasteiger partial charge >= 0.3 is 5.97 Å². The van der Waals surface area contributed by atoms with E-state index in [-0.39, 0.29) is 23.9 Å². The second kappa shape index (κ2) is 8.92. The summed E-state index contributed by atoms with van der Waals surface area (Å²) in [5.41, 5.74) is 5.26. The third kappa shape index (κ3) is 4.63. The smallest absolute Gasteiger partial charge is 0.337 e. The molecule has 4 rings (SSSR count). The lowest BCUT2D eigenvalue weighted by Crippen LogP contribution is -2.33. The first-order valence-electron chi connectivity index (χ1n) is 10.0. The molecule has 0 amide bonds. The van der Waals surface area contributed by atoms with E-state index in [4.69, 9.17) is 21.3 Å². The molecule has 31 heavy (non-hydrogen) atoms. The number of hydrogen-bond donors (Lipinski definition) is 2. The first kappa shape index (κ1) is 21.1. The summed E-state index contributed by atoms with van der Waals surface area (Å²) in [7, 11) is 1.36. The Labute approximate surface area is 186 Å². The fourth-order valence-corrected chi connectivity index (χ4v) is 3.90. The molecule has 158 valence electrons. The Morgan fingerprint density at radius 3 is 2.48 bits per heavy atom. The maximum absolute atomic E-state index is 11.8. The minimum atomic E-state index is -0.381. The van der Waals surface area contributed by atoms with Crippen molar-refractivity contribution in [2.24, 2.45) is 4.99 Å². The van der Waals surface area contributed by atoms with Crippen LogP contribution >= 0.6 is 11.6 Å². The SMILES string of the molecule is COC(=O)c1ccc([C@H]2N=C(c3ccc(C)cc3)C[C@@H](c3cc(Cl)ccc3O)N2)cc1. The molecule has 0 bridgehead atoms. The van der Waals surface area contributed by atoms with Crippen LogP contribution < -0.4 is 5.32 Å². The maximum atomic E-state index is 11.8. The second-order valence-corrected chi connectivity index (χ2v) is 8.02. The monoisotopic (exact) mass is 434 g/mol. The molecule has 0 radical (unpaired) electrons. The predicted octanol–water partition coefficient (Wildman–Crippen LogP) is 5.36. The number of hydrogen-bond acceptors (Lipinski definition) is 5. The average Bonchev–Trinajstić information content (AvgIpc) is 2.80. The highest BCUT2D eigenvalue weighted by molar-refractivity contribution is 6.30. The molecule has 0 saturated heterocycles. The summed E-state index contributed by atoms with van der Waals surface area (Å²) in [6.07, 6.45) is 0.258. The molecule has 1 heterocycles. The van der Waals surface area contributed by atoms with Crippen molar-refractivity contribution in [3.63, 3.8) is 0 Å². The van der Waals surface area contributed by atoms with Crippen molar-refractivity contribution in [1.82, 2.24) is 5.32 Å².